The molecule has 4 heteroatoms. The predicted molar refractivity (Wildman–Crippen MR) is 73.3 cm³/mol. The van der Waals surface area contributed by atoms with Gasteiger partial charge in [-0.2, -0.15) is 0 Å². The molecule has 0 unspecified atom stereocenters. The molecule has 0 saturated carbocycles. The molecule has 96 valence electrons. The van der Waals surface area contributed by atoms with Gasteiger partial charge in [0.2, 0.25) is 0 Å². The van der Waals surface area contributed by atoms with E-state index in [2.05, 4.69) is 43.8 Å². The quantitative estimate of drug-likeness (QED) is 0.685. The van der Waals surface area contributed by atoms with E-state index in [1.165, 1.54) is 5.57 Å². The topological polar surface area (TPSA) is 50.7 Å². The maximum atomic E-state index is 6.01. The second kappa shape index (κ2) is 5.75. The molecule has 2 aliphatic heterocycles. The summed E-state index contributed by atoms with van der Waals surface area (Å²) in [5, 5.41) is 0. The number of nitrogens with zero attached hydrogens (tertiary/aromatic N) is 2. The van der Waals surface area contributed by atoms with Crippen LogP contribution in [0.2, 0.25) is 0 Å². The Morgan fingerprint density at radius 2 is 2.22 bits per heavy atom. The molecule has 0 bridgehead atoms. The molecular weight excluding hydrogens is 337 g/mol. The SMILES string of the molecule is C=C1N=C(C2=CC(C)=C[I-]C=C2)N=C1[C@@H](N)CC. The Balaban J connectivity index is 2.31. The van der Waals surface area contributed by atoms with Gasteiger partial charge in [0.1, 0.15) is 0 Å². The number of nitrogens with two attached hydrogens (primary N) is 1. The van der Waals surface area contributed by atoms with Crippen LogP contribution < -0.4 is 26.9 Å². The average Bonchev–Trinajstić information content (AvgIpc) is 2.60. The van der Waals surface area contributed by atoms with Crippen LogP contribution in [0.1, 0.15) is 20.3 Å². The molecule has 0 amide bonds. The summed E-state index contributed by atoms with van der Waals surface area (Å²) < 4.78 is 4.51. The van der Waals surface area contributed by atoms with E-state index in [9.17, 15) is 0 Å². The van der Waals surface area contributed by atoms with Gasteiger partial charge in [-0.3, -0.25) is 0 Å². The van der Waals surface area contributed by atoms with Crippen molar-refractivity contribution >= 4 is 11.5 Å². The fourth-order valence-corrected chi connectivity index (χ4v) is 3.26. The van der Waals surface area contributed by atoms with Crippen molar-refractivity contribution < 1.29 is 21.2 Å². The van der Waals surface area contributed by atoms with Crippen LogP contribution in [0.25, 0.3) is 0 Å². The van der Waals surface area contributed by atoms with Crippen molar-refractivity contribution in [2.45, 2.75) is 26.3 Å². The Labute approximate surface area is 118 Å². The number of rotatable bonds is 3. The number of amidine groups is 1. The van der Waals surface area contributed by atoms with E-state index in [-0.39, 0.29) is 27.2 Å². The molecule has 18 heavy (non-hydrogen) atoms. The molecule has 3 nitrogen and oxygen atoms in total. The fourth-order valence-electron chi connectivity index (χ4n) is 1.71. The summed E-state index contributed by atoms with van der Waals surface area (Å²) in [6.45, 7) is 8.09. The summed E-state index contributed by atoms with van der Waals surface area (Å²) in [7, 11) is 0. The van der Waals surface area contributed by atoms with Gasteiger partial charge in [0.15, 0.2) is 0 Å². The molecule has 0 aromatic carbocycles. The third-order valence-corrected chi connectivity index (χ3v) is 4.86. The van der Waals surface area contributed by atoms with Gasteiger partial charge in [-0.25, -0.2) is 0 Å². The van der Waals surface area contributed by atoms with E-state index in [1.54, 1.807) is 0 Å². The van der Waals surface area contributed by atoms with Crippen LogP contribution >= 0.6 is 0 Å². The molecular formula is C14H17IN3-. The molecule has 2 heterocycles. The van der Waals surface area contributed by atoms with Gasteiger partial charge in [0.05, 0.1) is 0 Å². The molecule has 0 fully saturated rings. The Kier molecular flexibility index (Phi) is 4.29. The van der Waals surface area contributed by atoms with E-state index < -0.39 is 0 Å². The number of hydrogen-bond acceptors (Lipinski definition) is 3. The first-order chi connectivity index (χ1) is 8.61. The molecule has 2 N–H and O–H groups in total. The zero-order valence-electron chi connectivity index (χ0n) is 10.7. The van der Waals surface area contributed by atoms with Crippen molar-refractivity contribution in [3.05, 3.63) is 43.7 Å². The van der Waals surface area contributed by atoms with Gasteiger partial charge in [-0.15, -0.1) is 0 Å². The average molecular weight is 354 g/mol. The van der Waals surface area contributed by atoms with Crippen molar-refractivity contribution in [1.82, 2.24) is 0 Å². The van der Waals surface area contributed by atoms with Gasteiger partial charge < -0.3 is 0 Å². The maximum absolute atomic E-state index is 6.01. The predicted octanol–water partition coefficient (Wildman–Crippen LogP) is -0.463. The third kappa shape index (κ3) is 2.87. The Morgan fingerprint density at radius 1 is 1.44 bits per heavy atom. The van der Waals surface area contributed by atoms with Crippen LogP contribution in [-0.2, 0) is 0 Å². The summed E-state index contributed by atoms with van der Waals surface area (Å²) >= 11 is 0.0202. The number of hydrogen-bond donors (Lipinski definition) is 1. The molecule has 2 aliphatic rings. The van der Waals surface area contributed by atoms with Crippen molar-refractivity contribution in [2.75, 3.05) is 0 Å². The van der Waals surface area contributed by atoms with Crippen LogP contribution in [0.15, 0.2) is 53.7 Å². The van der Waals surface area contributed by atoms with Gasteiger partial charge in [0.25, 0.3) is 0 Å². The Hall–Kier alpha value is -1.01. The normalized spacial score (nSPS) is 21.4. The molecule has 0 radical (unpaired) electrons. The van der Waals surface area contributed by atoms with Crippen molar-refractivity contribution in [3.63, 3.8) is 0 Å². The molecule has 0 spiro atoms. The third-order valence-electron chi connectivity index (χ3n) is 2.75. The minimum atomic E-state index is -0.0711. The molecule has 1 atom stereocenters. The number of halogens is 1. The van der Waals surface area contributed by atoms with E-state index in [0.29, 0.717) is 5.70 Å². The van der Waals surface area contributed by atoms with Crippen LogP contribution in [0.3, 0.4) is 0 Å². The first kappa shape index (κ1) is 13.4. The summed E-state index contributed by atoms with van der Waals surface area (Å²) in [5.41, 5.74) is 9.87. The zero-order valence-corrected chi connectivity index (χ0v) is 12.8. The molecule has 0 aliphatic carbocycles. The van der Waals surface area contributed by atoms with E-state index >= 15 is 0 Å². The Morgan fingerprint density at radius 3 is 2.94 bits per heavy atom. The molecule has 0 aromatic rings. The van der Waals surface area contributed by atoms with Gasteiger partial charge >= 0.3 is 119 Å². The first-order valence-electron chi connectivity index (χ1n) is 5.91. The monoisotopic (exact) mass is 354 g/mol. The fraction of sp³-hybridized carbons (Fsp3) is 0.286. The van der Waals surface area contributed by atoms with Gasteiger partial charge in [-0.1, -0.05) is 0 Å². The zero-order chi connectivity index (χ0) is 13.1. The summed E-state index contributed by atoms with van der Waals surface area (Å²) in [5.74, 6) is 0.744. The molecule has 2 rings (SSSR count). The number of aliphatic imine (C=N–C) groups is 2. The van der Waals surface area contributed by atoms with Gasteiger partial charge in [-0.05, 0) is 0 Å². The van der Waals surface area contributed by atoms with Gasteiger partial charge in [0, 0.05) is 0 Å². The molecule has 0 aromatic heterocycles. The van der Waals surface area contributed by atoms with Crippen LogP contribution in [-0.4, -0.2) is 17.6 Å². The van der Waals surface area contributed by atoms with Crippen LogP contribution in [0.4, 0.5) is 0 Å². The second-order valence-corrected chi connectivity index (χ2v) is 6.33. The van der Waals surface area contributed by atoms with Crippen molar-refractivity contribution in [2.24, 2.45) is 15.7 Å². The number of allylic oxidation sites excluding steroid dienone is 2. The van der Waals surface area contributed by atoms with E-state index in [1.807, 2.05) is 6.92 Å². The molecule has 0 saturated heterocycles. The summed E-state index contributed by atoms with van der Waals surface area (Å²) in [6.07, 6.45) is 5.08. The first-order valence-corrected chi connectivity index (χ1v) is 8.40. The van der Waals surface area contributed by atoms with Crippen LogP contribution in [0, 0.1) is 0 Å². The Bertz CT molecular complexity index is 521. The standard InChI is InChI=1S/C14H17IN3/c1-4-12(16)13-10(3)17-14(18-13)11-5-6-15-8-9(2)7-11/h5-8,12H,3-4,16H2,1-2H3/q-1/t12-/m0/s1. The summed E-state index contributed by atoms with van der Waals surface area (Å²) in [6, 6.07) is -0.0711. The van der Waals surface area contributed by atoms with E-state index in [4.69, 9.17) is 5.73 Å². The van der Waals surface area contributed by atoms with Crippen LogP contribution in [0.5, 0.6) is 0 Å². The van der Waals surface area contributed by atoms with E-state index in [0.717, 1.165) is 23.5 Å². The summed E-state index contributed by atoms with van der Waals surface area (Å²) in [4.78, 5) is 8.99. The van der Waals surface area contributed by atoms with Crippen molar-refractivity contribution in [3.8, 4) is 0 Å². The second-order valence-electron chi connectivity index (χ2n) is 4.27. The minimum absolute atomic E-state index is 0.0202. The van der Waals surface area contributed by atoms with Crippen molar-refractivity contribution in [1.29, 1.82) is 0 Å².